The molecule has 8 N–H and O–H groups in total. The molecule has 2 aromatic rings. The summed E-state index contributed by atoms with van der Waals surface area (Å²) in [7, 11) is 0. The molecule has 1 aliphatic carbocycles. The quantitative estimate of drug-likeness (QED) is 0.205. The van der Waals surface area contributed by atoms with Crippen LogP contribution in [0.1, 0.15) is 55.6 Å². The molecular weight excluding hydrogens is 558 g/mol. The molecule has 43 heavy (non-hydrogen) atoms. The summed E-state index contributed by atoms with van der Waals surface area (Å²) in [5, 5.41) is 70.1. The maximum absolute atomic E-state index is 10.2. The van der Waals surface area contributed by atoms with Gasteiger partial charge in [0.25, 0.3) is 0 Å². The van der Waals surface area contributed by atoms with Gasteiger partial charge in [-0.1, -0.05) is 49.8 Å². The van der Waals surface area contributed by atoms with Crippen LogP contribution in [0.2, 0.25) is 0 Å². The number of hydrogen-bond donors (Lipinski definition) is 8. The number of aromatic carboxylic acids is 1. The van der Waals surface area contributed by atoms with Crippen molar-refractivity contribution in [2.75, 3.05) is 19.7 Å². The zero-order valence-electron chi connectivity index (χ0n) is 25.0. The van der Waals surface area contributed by atoms with Crippen LogP contribution < -0.4 is 0 Å². The van der Waals surface area contributed by atoms with E-state index in [9.17, 15) is 14.7 Å². The number of aliphatic carboxylic acids is 1. The number of carboxylic acid groups (broad SMARTS) is 2. The molecule has 2 bridgehead atoms. The average molecular weight is 604 g/mol. The number of hydrogen-bond acceptors (Lipinski definition) is 9. The molecule has 11 heteroatoms. The first kappa shape index (κ1) is 35.9. The molecule has 2 aliphatic rings. The first-order valence-corrected chi connectivity index (χ1v) is 14.2. The summed E-state index contributed by atoms with van der Waals surface area (Å²) in [5.41, 5.74) is 4.75. The SMILES string of the molecule is CC(C)=CCN1CCC2(C)c3cc(O)ccc3CC1C2C.O=C(O)[C@H](O)[C@@H](O)[C@H](O)[C@H](O)CO.O=C(O)c1ccccc1. The lowest BCUT2D eigenvalue weighted by Gasteiger charge is -2.54. The number of rotatable bonds is 8. The third-order valence-electron chi connectivity index (χ3n) is 8.37. The Hall–Kier alpha value is -3.32. The number of likely N-dealkylation sites (tertiary alicyclic amines) is 1. The van der Waals surface area contributed by atoms with Gasteiger partial charge in [0, 0.05) is 12.6 Å². The second kappa shape index (κ2) is 15.9. The first-order valence-electron chi connectivity index (χ1n) is 14.2. The van der Waals surface area contributed by atoms with E-state index in [0.29, 0.717) is 23.3 Å². The van der Waals surface area contributed by atoms with Gasteiger partial charge in [-0.2, -0.15) is 0 Å². The number of carboxylic acids is 2. The zero-order chi connectivity index (χ0) is 32.5. The number of benzene rings is 2. The highest BCUT2D eigenvalue weighted by Gasteiger charge is 2.48. The maximum Gasteiger partial charge on any atom is 0.335 e. The number of aromatic hydroxyl groups is 1. The number of phenolic OH excluding ortho intramolecular Hbond substituents is 1. The number of phenols is 1. The summed E-state index contributed by atoms with van der Waals surface area (Å²) >= 11 is 0. The Kier molecular flexibility index (Phi) is 13.3. The van der Waals surface area contributed by atoms with Crippen LogP contribution in [0, 0.1) is 5.92 Å². The Morgan fingerprint density at radius 2 is 1.65 bits per heavy atom. The number of allylic oxidation sites excluding steroid dienone is 1. The van der Waals surface area contributed by atoms with Crippen molar-refractivity contribution >= 4 is 11.9 Å². The van der Waals surface area contributed by atoms with Gasteiger partial charge < -0.3 is 40.9 Å². The van der Waals surface area contributed by atoms with Crippen LogP contribution in [0.15, 0.2) is 60.2 Å². The third-order valence-corrected chi connectivity index (χ3v) is 8.37. The predicted octanol–water partition coefficient (Wildman–Crippen LogP) is 1.77. The fraction of sp³-hybridized carbons (Fsp3) is 0.500. The molecule has 1 heterocycles. The van der Waals surface area contributed by atoms with Gasteiger partial charge in [-0.25, -0.2) is 9.59 Å². The lowest BCUT2D eigenvalue weighted by atomic mass is 9.59. The van der Waals surface area contributed by atoms with E-state index in [0.717, 1.165) is 19.5 Å². The van der Waals surface area contributed by atoms with Gasteiger partial charge in [-0.15, -0.1) is 0 Å². The van der Waals surface area contributed by atoms with Crippen molar-refractivity contribution in [2.45, 2.75) is 76.4 Å². The summed E-state index contributed by atoms with van der Waals surface area (Å²) in [6.45, 7) is 10.5. The second-order valence-electron chi connectivity index (χ2n) is 11.5. The Morgan fingerprint density at radius 1 is 1.02 bits per heavy atom. The van der Waals surface area contributed by atoms with Crippen molar-refractivity contribution < 1.29 is 50.4 Å². The van der Waals surface area contributed by atoms with Crippen LogP contribution in [0.5, 0.6) is 5.75 Å². The van der Waals surface area contributed by atoms with Gasteiger partial charge in [0.1, 0.15) is 24.1 Å². The molecule has 3 unspecified atom stereocenters. The molecule has 0 spiro atoms. The monoisotopic (exact) mass is 603 g/mol. The number of nitrogens with zero attached hydrogens (tertiary/aromatic N) is 1. The maximum atomic E-state index is 10.2. The topological polar surface area (TPSA) is 199 Å². The lowest BCUT2D eigenvalue weighted by Crippen LogP contribution is -2.57. The van der Waals surface area contributed by atoms with E-state index in [1.807, 2.05) is 12.1 Å². The van der Waals surface area contributed by atoms with Gasteiger partial charge in [-0.3, -0.25) is 4.90 Å². The summed E-state index contributed by atoms with van der Waals surface area (Å²) < 4.78 is 0. The molecule has 0 amide bonds. The number of aliphatic hydroxyl groups is 5. The van der Waals surface area contributed by atoms with E-state index >= 15 is 0 Å². The van der Waals surface area contributed by atoms with E-state index in [1.165, 1.54) is 23.1 Å². The van der Waals surface area contributed by atoms with E-state index in [2.05, 4.69) is 44.7 Å². The Labute approximate surface area is 252 Å². The fourth-order valence-electron chi connectivity index (χ4n) is 5.47. The molecule has 1 aliphatic heterocycles. The molecule has 7 atom stereocenters. The Morgan fingerprint density at radius 3 is 2.16 bits per heavy atom. The standard InChI is InChI=1S/C19H27NO.C7H6O2.C6H12O7/c1-13(2)7-9-20-10-8-19(4)14(3)18(20)11-15-5-6-16(21)12-17(15)19;8-7(9)6-4-2-1-3-5-6;7-1-2(8)3(9)4(10)5(11)6(12)13/h5-7,12,14,18,21H,8-11H2,1-4H3;1-5H,(H,8,9);2-5,7-11H,1H2,(H,12,13)/t;;2-,3-,4+,5-/m..1/s1. The fourth-order valence-corrected chi connectivity index (χ4v) is 5.47. The summed E-state index contributed by atoms with van der Waals surface area (Å²) in [6, 6.07) is 14.9. The predicted molar refractivity (Wildman–Crippen MR) is 160 cm³/mol. The van der Waals surface area contributed by atoms with Crippen molar-refractivity contribution in [3.8, 4) is 5.75 Å². The molecule has 238 valence electrons. The molecular formula is C32H45NO10. The van der Waals surface area contributed by atoms with Gasteiger partial charge in [0.15, 0.2) is 6.10 Å². The summed E-state index contributed by atoms with van der Waals surface area (Å²) in [4.78, 5) is 22.9. The van der Waals surface area contributed by atoms with Crippen LogP contribution in [-0.4, -0.2) is 108 Å². The van der Waals surface area contributed by atoms with Crippen molar-refractivity contribution in [1.82, 2.24) is 4.90 Å². The van der Waals surface area contributed by atoms with Crippen LogP contribution in [-0.2, 0) is 16.6 Å². The van der Waals surface area contributed by atoms with E-state index < -0.39 is 43.0 Å². The molecule has 1 fully saturated rings. The second-order valence-corrected chi connectivity index (χ2v) is 11.5. The number of carbonyl (C=O) groups is 2. The van der Waals surface area contributed by atoms with Crippen LogP contribution in [0.4, 0.5) is 0 Å². The number of piperidine rings is 1. The third kappa shape index (κ3) is 9.33. The van der Waals surface area contributed by atoms with Gasteiger partial charge in [0.05, 0.1) is 12.2 Å². The normalized spacial score (nSPS) is 23.5. The van der Waals surface area contributed by atoms with Crippen molar-refractivity contribution in [2.24, 2.45) is 5.92 Å². The van der Waals surface area contributed by atoms with Gasteiger partial charge in [-0.05, 0) is 80.0 Å². The number of aliphatic hydroxyl groups excluding tert-OH is 5. The van der Waals surface area contributed by atoms with Gasteiger partial charge in [0.2, 0.25) is 0 Å². The Bertz CT molecular complexity index is 1230. The smallest absolute Gasteiger partial charge is 0.335 e. The van der Waals surface area contributed by atoms with Crippen molar-refractivity contribution in [3.05, 3.63) is 76.9 Å². The molecule has 4 rings (SSSR count). The van der Waals surface area contributed by atoms with Crippen LogP contribution >= 0.6 is 0 Å². The highest BCUT2D eigenvalue weighted by atomic mass is 16.4. The minimum Gasteiger partial charge on any atom is -0.508 e. The lowest BCUT2D eigenvalue weighted by molar-refractivity contribution is -0.164. The van der Waals surface area contributed by atoms with E-state index in [4.69, 9.17) is 35.7 Å². The molecule has 11 nitrogen and oxygen atoms in total. The molecule has 0 aromatic heterocycles. The van der Waals surface area contributed by atoms with E-state index in [1.54, 1.807) is 30.3 Å². The van der Waals surface area contributed by atoms with Crippen molar-refractivity contribution in [3.63, 3.8) is 0 Å². The highest BCUT2D eigenvalue weighted by Crippen LogP contribution is 2.49. The number of fused-ring (bicyclic) bond motifs is 4. The molecule has 0 saturated carbocycles. The largest absolute Gasteiger partial charge is 0.508 e. The van der Waals surface area contributed by atoms with Crippen LogP contribution in [0.25, 0.3) is 0 Å². The first-order chi connectivity index (χ1) is 20.1. The van der Waals surface area contributed by atoms with E-state index in [-0.39, 0.29) is 5.41 Å². The van der Waals surface area contributed by atoms with Crippen molar-refractivity contribution in [1.29, 1.82) is 0 Å². The molecule has 1 saturated heterocycles. The highest BCUT2D eigenvalue weighted by molar-refractivity contribution is 5.87. The average Bonchev–Trinajstić information content (AvgIpc) is 2.98. The summed E-state index contributed by atoms with van der Waals surface area (Å²) in [6.07, 6.45) is -3.20. The zero-order valence-corrected chi connectivity index (χ0v) is 25.0. The minimum atomic E-state index is -2.20. The molecule has 2 aromatic carbocycles. The van der Waals surface area contributed by atoms with Gasteiger partial charge >= 0.3 is 11.9 Å². The van der Waals surface area contributed by atoms with Crippen LogP contribution in [0.3, 0.4) is 0 Å². The molecule has 0 radical (unpaired) electrons. The summed E-state index contributed by atoms with van der Waals surface area (Å²) in [5.74, 6) is -1.56. The minimum absolute atomic E-state index is 0.207. The Balaban J connectivity index is 0.000000251.